The summed E-state index contributed by atoms with van der Waals surface area (Å²) in [5.41, 5.74) is 0.970. The fraction of sp³-hybridized carbons (Fsp3) is 0.273. The minimum absolute atomic E-state index is 0.154. The van der Waals surface area contributed by atoms with E-state index >= 15 is 0 Å². The summed E-state index contributed by atoms with van der Waals surface area (Å²) < 4.78 is 63.3. The zero-order chi connectivity index (χ0) is 23.6. The number of piperidine rings is 1. The molecular formula is C22H20ClF2N3O4S. The van der Waals surface area contributed by atoms with E-state index in [1.807, 2.05) is 0 Å². The van der Waals surface area contributed by atoms with E-state index in [4.69, 9.17) is 21.1 Å². The van der Waals surface area contributed by atoms with E-state index in [1.165, 1.54) is 29.0 Å². The smallest absolute Gasteiger partial charge is 0.224 e. The number of ether oxygens (including phenoxy) is 2. The molecule has 0 atom stereocenters. The van der Waals surface area contributed by atoms with Crippen LogP contribution in [0, 0.1) is 11.6 Å². The second kappa shape index (κ2) is 9.58. The highest BCUT2D eigenvalue weighted by Gasteiger charge is 2.26. The van der Waals surface area contributed by atoms with Crippen LogP contribution >= 0.6 is 11.6 Å². The molecular weight excluding hydrogens is 476 g/mol. The van der Waals surface area contributed by atoms with Crippen LogP contribution in [-0.2, 0) is 10.0 Å². The lowest BCUT2D eigenvalue weighted by atomic mass is 10.1. The third-order valence-corrected chi connectivity index (χ3v) is 6.60. The van der Waals surface area contributed by atoms with Gasteiger partial charge in [-0.2, -0.15) is 0 Å². The average Bonchev–Trinajstić information content (AvgIpc) is 2.75. The van der Waals surface area contributed by atoms with Crippen LogP contribution in [-0.4, -0.2) is 48.1 Å². The first kappa shape index (κ1) is 23.3. The fourth-order valence-corrected chi connectivity index (χ4v) is 4.54. The third-order valence-electron chi connectivity index (χ3n) is 5.11. The van der Waals surface area contributed by atoms with Crippen molar-refractivity contribution in [2.24, 2.45) is 0 Å². The van der Waals surface area contributed by atoms with Gasteiger partial charge in [-0.1, -0.05) is 17.7 Å². The van der Waals surface area contributed by atoms with Crippen molar-refractivity contribution in [1.82, 2.24) is 14.3 Å². The van der Waals surface area contributed by atoms with Gasteiger partial charge in [-0.25, -0.2) is 26.5 Å². The van der Waals surface area contributed by atoms with Crippen molar-refractivity contribution in [2.75, 3.05) is 19.3 Å². The number of hydrogen-bond donors (Lipinski definition) is 0. The first-order valence-corrected chi connectivity index (χ1v) is 12.3. The van der Waals surface area contributed by atoms with Gasteiger partial charge in [0.1, 0.15) is 22.8 Å². The number of hydrogen-bond acceptors (Lipinski definition) is 6. The highest BCUT2D eigenvalue weighted by molar-refractivity contribution is 7.88. The van der Waals surface area contributed by atoms with Crippen molar-refractivity contribution in [2.45, 2.75) is 18.9 Å². The first-order valence-electron chi connectivity index (χ1n) is 10.0. The summed E-state index contributed by atoms with van der Waals surface area (Å²) in [6.07, 6.45) is 5.06. The van der Waals surface area contributed by atoms with E-state index in [9.17, 15) is 17.2 Å². The number of benzene rings is 1. The largest absolute Gasteiger partial charge is 0.490 e. The normalized spacial score (nSPS) is 15.4. The van der Waals surface area contributed by atoms with Crippen molar-refractivity contribution in [3.8, 4) is 28.5 Å². The van der Waals surface area contributed by atoms with Gasteiger partial charge in [0.15, 0.2) is 11.6 Å². The molecule has 174 valence electrons. The lowest BCUT2D eigenvalue weighted by Gasteiger charge is -2.30. The van der Waals surface area contributed by atoms with Gasteiger partial charge in [0.2, 0.25) is 15.9 Å². The third kappa shape index (κ3) is 5.95. The molecule has 0 saturated carbocycles. The van der Waals surface area contributed by atoms with Gasteiger partial charge in [0.25, 0.3) is 0 Å². The van der Waals surface area contributed by atoms with Crippen molar-refractivity contribution in [1.29, 1.82) is 0 Å². The summed E-state index contributed by atoms with van der Waals surface area (Å²) in [5.74, 6) is -0.974. The molecule has 1 saturated heterocycles. The summed E-state index contributed by atoms with van der Waals surface area (Å²) in [5, 5.41) is 0.154. The molecule has 7 nitrogen and oxygen atoms in total. The molecule has 0 unspecified atom stereocenters. The molecule has 2 aromatic heterocycles. The molecule has 4 rings (SSSR count). The first-order chi connectivity index (χ1) is 15.7. The zero-order valence-corrected chi connectivity index (χ0v) is 19.1. The SMILES string of the molecule is CS(=O)(=O)N1CCC(Oc2cc(Cl)nc(Oc3cncc(-c4ccc(F)c(F)c4)c3)c2)CC1. The maximum Gasteiger partial charge on any atom is 0.224 e. The molecule has 0 aliphatic carbocycles. The van der Waals surface area contributed by atoms with Crippen molar-refractivity contribution in [3.63, 3.8) is 0 Å². The van der Waals surface area contributed by atoms with Gasteiger partial charge in [-0.05, 0) is 36.6 Å². The standard InChI is InChI=1S/C22H20ClF2N3O4S/c1-33(29,30)28-6-4-16(5-7-28)31-17-10-21(23)27-22(11-17)32-18-8-15(12-26-13-18)14-2-3-19(24)20(25)9-14/h2-3,8-13,16H,4-7H2,1H3. The van der Waals surface area contributed by atoms with Gasteiger partial charge in [0.05, 0.1) is 12.5 Å². The lowest BCUT2D eigenvalue weighted by Crippen LogP contribution is -2.41. The summed E-state index contributed by atoms with van der Waals surface area (Å²) in [6.45, 7) is 0.766. The van der Waals surface area contributed by atoms with Gasteiger partial charge >= 0.3 is 0 Å². The Kier molecular flexibility index (Phi) is 6.78. The van der Waals surface area contributed by atoms with Gasteiger partial charge in [-0.15, -0.1) is 0 Å². The number of nitrogens with zero attached hydrogens (tertiary/aromatic N) is 3. The Morgan fingerprint density at radius 3 is 2.45 bits per heavy atom. The summed E-state index contributed by atoms with van der Waals surface area (Å²) in [7, 11) is -3.22. The Balaban J connectivity index is 1.47. The Morgan fingerprint density at radius 2 is 1.76 bits per heavy atom. The Morgan fingerprint density at radius 1 is 1.00 bits per heavy atom. The minimum atomic E-state index is -3.22. The monoisotopic (exact) mass is 495 g/mol. The summed E-state index contributed by atoms with van der Waals surface area (Å²) in [4.78, 5) is 8.22. The number of rotatable bonds is 6. The molecule has 1 aliphatic heterocycles. The van der Waals surface area contributed by atoms with Crippen LogP contribution < -0.4 is 9.47 Å². The maximum absolute atomic E-state index is 13.6. The van der Waals surface area contributed by atoms with Crippen LogP contribution in [0.5, 0.6) is 17.4 Å². The molecule has 11 heteroatoms. The van der Waals surface area contributed by atoms with Crippen LogP contribution in [0.2, 0.25) is 5.15 Å². The van der Waals surface area contributed by atoms with E-state index in [2.05, 4.69) is 9.97 Å². The predicted octanol–water partition coefficient (Wildman–Crippen LogP) is 4.67. The molecule has 1 aliphatic rings. The number of halogens is 3. The van der Waals surface area contributed by atoms with E-state index in [0.29, 0.717) is 48.6 Å². The van der Waals surface area contributed by atoms with Crippen LogP contribution in [0.3, 0.4) is 0 Å². The number of sulfonamides is 1. The van der Waals surface area contributed by atoms with Crippen molar-refractivity contribution in [3.05, 3.63) is 65.6 Å². The van der Waals surface area contributed by atoms with Gasteiger partial charge < -0.3 is 9.47 Å². The number of pyridine rings is 2. The van der Waals surface area contributed by atoms with E-state index in [-0.39, 0.29) is 17.1 Å². The molecule has 1 aromatic carbocycles. The highest BCUT2D eigenvalue weighted by atomic mass is 35.5. The molecule has 0 amide bonds. The minimum Gasteiger partial charge on any atom is -0.490 e. The number of aromatic nitrogens is 2. The predicted molar refractivity (Wildman–Crippen MR) is 119 cm³/mol. The van der Waals surface area contributed by atoms with Gasteiger partial charge in [-0.3, -0.25) is 4.98 Å². The second-order valence-corrected chi connectivity index (χ2v) is 9.95. The average molecular weight is 496 g/mol. The Hall–Kier alpha value is -2.82. The molecule has 3 heterocycles. The van der Waals surface area contributed by atoms with Crippen LogP contribution in [0.4, 0.5) is 8.78 Å². The molecule has 0 N–H and O–H groups in total. The van der Waals surface area contributed by atoms with Gasteiger partial charge in [0, 0.05) is 37.0 Å². The van der Waals surface area contributed by atoms with Crippen LogP contribution in [0.1, 0.15) is 12.8 Å². The quantitative estimate of drug-likeness (QED) is 0.462. The molecule has 33 heavy (non-hydrogen) atoms. The Bertz CT molecular complexity index is 1270. The van der Waals surface area contributed by atoms with Crippen molar-refractivity contribution >= 4 is 21.6 Å². The molecule has 0 spiro atoms. The van der Waals surface area contributed by atoms with Crippen LogP contribution in [0.15, 0.2) is 48.8 Å². The van der Waals surface area contributed by atoms with E-state index < -0.39 is 21.7 Å². The van der Waals surface area contributed by atoms with Crippen molar-refractivity contribution < 1.29 is 26.7 Å². The highest BCUT2D eigenvalue weighted by Crippen LogP contribution is 2.30. The maximum atomic E-state index is 13.6. The Labute approximate surface area is 195 Å². The second-order valence-electron chi connectivity index (χ2n) is 7.58. The zero-order valence-electron chi connectivity index (χ0n) is 17.5. The molecule has 3 aromatic rings. The van der Waals surface area contributed by atoms with E-state index in [0.717, 1.165) is 12.1 Å². The topological polar surface area (TPSA) is 81.6 Å². The molecule has 0 bridgehead atoms. The summed E-state index contributed by atoms with van der Waals surface area (Å²) >= 11 is 6.12. The van der Waals surface area contributed by atoms with Crippen LogP contribution in [0.25, 0.3) is 11.1 Å². The summed E-state index contributed by atoms with van der Waals surface area (Å²) in [6, 6.07) is 8.30. The molecule has 0 radical (unpaired) electrons. The van der Waals surface area contributed by atoms with E-state index in [1.54, 1.807) is 18.2 Å². The molecule has 1 fully saturated rings. The lowest BCUT2D eigenvalue weighted by molar-refractivity contribution is 0.135. The fourth-order valence-electron chi connectivity index (χ4n) is 3.47.